The molecule has 2 aromatic carbocycles. The first-order valence-corrected chi connectivity index (χ1v) is 10.6. The molecule has 160 valence electrons. The van der Waals surface area contributed by atoms with Crippen LogP contribution in [0.1, 0.15) is 5.56 Å². The van der Waals surface area contributed by atoms with Crippen LogP contribution in [0.3, 0.4) is 0 Å². The number of anilines is 2. The molecule has 0 bridgehead atoms. The van der Waals surface area contributed by atoms with E-state index in [0.717, 1.165) is 12.5 Å². The lowest BCUT2D eigenvalue weighted by Crippen LogP contribution is -2.31. The summed E-state index contributed by atoms with van der Waals surface area (Å²) in [6.07, 6.45) is -2.50. The number of rotatable bonds is 5. The Labute approximate surface area is 175 Å². The van der Waals surface area contributed by atoms with Crippen molar-refractivity contribution in [1.82, 2.24) is 9.78 Å². The number of hydrogen-bond acceptors (Lipinski definition) is 6. The third-order valence-electron chi connectivity index (χ3n) is 4.25. The van der Waals surface area contributed by atoms with E-state index in [9.17, 15) is 26.4 Å². The lowest BCUT2D eigenvalue weighted by Gasteiger charge is -2.15. The van der Waals surface area contributed by atoms with E-state index >= 15 is 0 Å². The van der Waals surface area contributed by atoms with Crippen molar-refractivity contribution in [3.05, 3.63) is 70.6 Å². The number of hydrogen-bond donors (Lipinski definition) is 1. The number of aromatic nitrogens is 2. The van der Waals surface area contributed by atoms with Crippen molar-refractivity contribution in [2.24, 2.45) is 0 Å². The van der Waals surface area contributed by atoms with Crippen LogP contribution in [0, 0.1) is 11.3 Å². The van der Waals surface area contributed by atoms with Gasteiger partial charge in [-0.2, -0.15) is 23.5 Å². The monoisotopic (exact) mass is 448 g/mol. The van der Waals surface area contributed by atoms with Crippen molar-refractivity contribution in [2.45, 2.75) is 17.6 Å². The lowest BCUT2D eigenvalue weighted by atomic mass is 10.1. The van der Waals surface area contributed by atoms with Gasteiger partial charge in [0.25, 0.3) is 5.56 Å². The number of nitriles is 1. The van der Waals surface area contributed by atoms with Gasteiger partial charge in [-0.15, -0.1) is 0 Å². The molecule has 0 fully saturated rings. The molecule has 7 nitrogen and oxygen atoms in total. The largest absolute Gasteiger partial charge is 0.408 e. The van der Waals surface area contributed by atoms with Gasteiger partial charge in [0.2, 0.25) is 0 Å². The molecule has 0 amide bonds. The maximum Gasteiger partial charge on any atom is 0.408 e. The third-order valence-corrected chi connectivity index (χ3v) is 5.38. The number of nitrogens with one attached hydrogen (secondary N) is 1. The van der Waals surface area contributed by atoms with Gasteiger partial charge in [0.05, 0.1) is 22.7 Å². The molecule has 31 heavy (non-hydrogen) atoms. The molecule has 0 aliphatic rings. The molecule has 11 heteroatoms. The van der Waals surface area contributed by atoms with E-state index in [0.29, 0.717) is 21.5 Å². The van der Waals surface area contributed by atoms with Gasteiger partial charge in [0.1, 0.15) is 12.2 Å². The summed E-state index contributed by atoms with van der Waals surface area (Å²) in [6.45, 7) is -1.57. The van der Waals surface area contributed by atoms with E-state index in [1.165, 1.54) is 48.5 Å². The minimum absolute atomic E-state index is 0.0521. The second kappa shape index (κ2) is 8.23. The SMILES string of the molecule is CS(=O)(=O)c1ccc(-c2cnn(CC(F)(F)F)c(=O)c2Nc2ccc(C#N)cc2)cc1. The van der Waals surface area contributed by atoms with E-state index in [1.54, 1.807) is 0 Å². The smallest absolute Gasteiger partial charge is 0.350 e. The fourth-order valence-corrected chi connectivity index (χ4v) is 3.40. The molecule has 0 aliphatic carbocycles. The Balaban J connectivity index is 2.12. The average molecular weight is 448 g/mol. The van der Waals surface area contributed by atoms with Gasteiger partial charge in [-0.25, -0.2) is 13.1 Å². The van der Waals surface area contributed by atoms with Gasteiger partial charge in [0, 0.05) is 17.5 Å². The molecule has 0 unspecified atom stereocenters. The molecule has 0 radical (unpaired) electrons. The van der Waals surface area contributed by atoms with Crippen LogP contribution >= 0.6 is 0 Å². The first kappa shape index (κ1) is 22.0. The summed E-state index contributed by atoms with van der Waals surface area (Å²) < 4.78 is 62.1. The van der Waals surface area contributed by atoms with Crippen LogP contribution in [0.5, 0.6) is 0 Å². The highest BCUT2D eigenvalue weighted by molar-refractivity contribution is 7.90. The molecule has 3 aromatic rings. The highest BCUT2D eigenvalue weighted by Crippen LogP contribution is 2.28. The molecule has 1 heterocycles. The van der Waals surface area contributed by atoms with Gasteiger partial charge in [-0.3, -0.25) is 4.79 Å². The Kier molecular flexibility index (Phi) is 5.85. The van der Waals surface area contributed by atoms with Crippen LogP contribution in [-0.4, -0.2) is 30.6 Å². The second-order valence-corrected chi connectivity index (χ2v) is 8.64. The zero-order valence-corrected chi connectivity index (χ0v) is 16.8. The quantitative estimate of drug-likeness (QED) is 0.641. The Hall–Kier alpha value is -3.65. The average Bonchev–Trinajstić information content (AvgIpc) is 2.70. The van der Waals surface area contributed by atoms with Gasteiger partial charge in [0.15, 0.2) is 9.84 Å². The summed E-state index contributed by atoms with van der Waals surface area (Å²) in [4.78, 5) is 12.8. The molecule has 1 aromatic heterocycles. The van der Waals surface area contributed by atoms with Crippen LogP contribution in [0.15, 0.2) is 64.4 Å². The molecular formula is C20H15F3N4O3S. The second-order valence-electron chi connectivity index (χ2n) is 6.62. The van der Waals surface area contributed by atoms with Crippen LogP contribution in [0.2, 0.25) is 0 Å². The highest BCUT2D eigenvalue weighted by Gasteiger charge is 2.30. The zero-order valence-electron chi connectivity index (χ0n) is 16.0. The number of halogens is 3. The normalized spacial score (nSPS) is 11.7. The number of sulfone groups is 1. The molecule has 0 aliphatic heterocycles. The lowest BCUT2D eigenvalue weighted by molar-refractivity contribution is -0.143. The fraction of sp³-hybridized carbons (Fsp3) is 0.150. The third kappa shape index (κ3) is 5.29. The van der Waals surface area contributed by atoms with Gasteiger partial charge in [-0.1, -0.05) is 12.1 Å². The summed E-state index contributed by atoms with van der Waals surface area (Å²) in [5.41, 5.74) is 0.129. The molecular weight excluding hydrogens is 433 g/mol. The maximum atomic E-state index is 12.8. The molecule has 0 saturated heterocycles. The van der Waals surface area contributed by atoms with Gasteiger partial charge in [-0.05, 0) is 42.0 Å². The van der Waals surface area contributed by atoms with Crippen molar-refractivity contribution in [3.8, 4) is 17.2 Å². The minimum Gasteiger partial charge on any atom is -0.350 e. The predicted octanol–water partition coefficient (Wildman–Crippen LogP) is 3.49. The maximum absolute atomic E-state index is 12.8. The van der Waals surface area contributed by atoms with Crippen molar-refractivity contribution in [2.75, 3.05) is 11.6 Å². The number of alkyl halides is 3. The summed E-state index contributed by atoms with van der Waals surface area (Å²) in [5, 5.41) is 15.3. The van der Waals surface area contributed by atoms with Crippen molar-refractivity contribution in [1.29, 1.82) is 5.26 Å². The molecule has 1 N–H and O–H groups in total. The Morgan fingerprint density at radius 2 is 1.71 bits per heavy atom. The molecule has 3 rings (SSSR count). The summed E-state index contributed by atoms with van der Waals surface area (Å²) in [5.74, 6) is 0. The first-order valence-electron chi connectivity index (χ1n) is 8.72. The Morgan fingerprint density at radius 1 is 1.10 bits per heavy atom. The van der Waals surface area contributed by atoms with E-state index in [-0.39, 0.29) is 16.1 Å². The Bertz CT molecular complexity index is 1310. The Morgan fingerprint density at radius 3 is 2.23 bits per heavy atom. The van der Waals surface area contributed by atoms with E-state index in [4.69, 9.17) is 5.26 Å². The highest BCUT2D eigenvalue weighted by atomic mass is 32.2. The van der Waals surface area contributed by atoms with Crippen LogP contribution in [0.25, 0.3) is 11.1 Å². The van der Waals surface area contributed by atoms with Gasteiger partial charge >= 0.3 is 6.18 Å². The van der Waals surface area contributed by atoms with Crippen molar-refractivity contribution in [3.63, 3.8) is 0 Å². The first-order chi connectivity index (χ1) is 14.5. The molecule has 0 spiro atoms. The zero-order chi connectivity index (χ0) is 22.8. The summed E-state index contributed by atoms with van der Waals surface area (Å²) in [7, 11) is -3.45. The topological polar surface area (TPSA) is 105 Å². The standard InChI is InChI=1S/C20H15F3N4O3S/c1-31(29,30)16-8-4-14(5-9-16)17-11-25-27(12-20(21,22)23)19(28)18(17)26-15-6-2-13(10-24)3-7-15/h2-9,11,26H,12H2,1H3. The van der Waals surface area contributed by atoms with Gasteiger partial charge < -0.3 is 5.32 Å². The van der Waals surface area contributed by atoms with E-state index in [1.807, 2.05) is 6.07 Å². The van der Waals surface area contributed by atoms with Crippen molar-refractivity contribution >= 4 is 21.2 Å². The van der Waals surface area contributed by atoms with Crippen LogP contribution in [-0.2, 0) is 16.4 Å². The summed E-state index contributed by atoms with van der Waals surface area (Å²) >= 11 is 0. The van der Waals surface area contributed by atoms with E-state index in [2.05, 4.69) is 10.4 Å². The minimum atomic E-state index is -4.65. The predicted molar refractivity (Wildman–Crippen MR) is 108 cm³/mol. The summed E-state index contributed by atoms with van der Waals surface area (Å²) in [6, 6.07) is 13.4. The molecule has 0 atom stereocenters. The van der Waals surface area contributed by atoms with Crippen molar-refractivity contribution < 1.29 is 21.6 Å². The number of benzene rings is 2. The molecule has 0 saturated carbocycles. The number of nitrogens with zero attached hydrogens (tertiary/aromatic N) is 3. The van der Waals surface area contributed by atoms with Crippen LogP contribution < -0.4 is 10.9 Å². The fourth-order valence-electron chi connectivity index (χ4n) is 2.76. The van der Waals surface area contributed by atoms with Crippen LogP contribution in [0.4, 0.5) is 24.5 Å². The van der Waals surface area contributed by atoms with E-state index < -0.39 is 28.1 Å².